The Hall–Kier alpha value is -2.28. The Bertz CT molecular complexity index is 695. The number of amides is 1. The predicted molar refractivity (Wildman–Crippen MR) is 95.9 cm³/mol. The van der Waals surface area contributed by atoms with Crippen molar-refractivity contribution in [2.75, 3.05) is 12.4 Å². The maximum absolute atomic E-state index is 11.0. The first-order valence-electron chi connectivity index (χ1n) is 7.69. The molecule has 0 radical (unpaired) electrons. The molecule has 0 saturated heterocycles. The Kier molecular flexibility index (Phi) is 6.43. The lowest BCUT2D eigenvalue weighted by atomic mass is 10.2. The number of carbonyl (C=O) groups is 1. The summed E-state index contributed by atoms with van der Waals surface area (Å²) in [5.41, 5.74) is 6.12. The molecule has 0 aliphatic rings. The molecular weight excluding hydrogens is 324 g/mol. The summed E-state index contributed by atoms with van der Waals surface area (Å²) < 4.78 is 7.60. The number of nitrogens with two attached hydrogens (primary N) is 1. The van der Waals surface area contributed by atoms with Crippen molar-refractivity contribution >= 4 is 17.7 Å². The molecular formula is C17H22N4O2S. The molecule has 2 N–H and O–H groups in total. The van der Waals surface area contributed by atoms with E-state index in [-0.39, 0.29) is 11.7 Å². The van der Waals surface area contributed by atoms with Gasteiger partial charge >= 0.3 is 0 Å². The predicted octanol–water partition coefficient (Wildman–Crippen LogP) is 2.74. The van der Waals surface area contributed by atoms with Crippen LogP contribution in [0, 0.1) is 5.92 Å². The molecule has 1 aromatic carbocycles. The van der Waals surface area contributed by atoms with E-state index in [1.165, 1.54) is 11.8 Å². The monoisotopic (exact) mass is 346 g/mol. The lowest BCUT2D eigenvalue weighted by Gasteiger charge is -2.10. The first kappa shape index (κ1) is 18.1. The third-order valence-electron chi connectivity index (χ3n) is 3.07. The number of primary amides is 1. The van der Waals surface area contributed by atoms with E-state index in [4.69, 9.17) is 10.5 Å². The number of hydrogen-bond acceptors (Lipinski definition) is 5. The Morgan fingerprint density at radius 3 is 2.67 bits per heavy atom. The summed E-state index contributed by atoms with van der Waals surface area (Å²) in [6.07, 6.45) is 1.77. The normalized spacial score (nSPS) is 10.8. The van der Waals surface area contributed by atoms with Gasteiger partial charge in [0.1, 0.15) is 5.75 Å². The van der Waals surface area contributed by atoms with E-state index in [9.17, 15) is 4.79 Å². The molecule has 2 rings (SSSR count). The summed E-state index contributed by atoms with van der Waals surface area (Å²) in [5, 5.41) is 9.03. The van der Waals surface area contributed by atoms with Gasteiger partial charge in [-0.1, -0.05) is 31.7 Å². The quantitative estimate of drug-likeness (QED) is 0.557. The van der Waals surface area contributed by atoms with Crippen molar-refractivity contribution < 1.29 is 9.53 Å². The standard InChI is InChI=1S/C17H22N4O2S/c1-4-9-21-16(19-20-17(21)24-11-15(18)22)13-5-7-14(8-6-13)23-10-12(2)3/h4-8,12H,1,9-11H2,2-3H3,(H2,18,22). The van der Waals surface area contributed by atoms with Gasteiger partial charge in [0.05, 0.1) is 12.4 Å². The number of allylic oxidation sites excluding steroid dienone is 1. The molecule has 1 aromatic heterocycles. The van der Waals surface area contributed by atoms with E-state index < -0.39 is 0 Å². The SMILES string of the molecule is C=CCn1c(SCC(N)=O)nnc1-c1ccc(OCC(C)C)cc1. The molecule has 0 fully saturated rings. The van der Waals surface area contributed by atoms with Gasteiger partial charge in [-0.2, -0.15) is 0 Å². The average molecular weight is 346 g/mol. The molecule has 0 aliphatic carbocycles. The Morgan fingerprint density at radius 2 is 2.08 bits per heavy atom. The zero-order valence-corrected chi connectivity index (χ0v) is 14.8. The van der Waals surface area contributed by atoms with Gasteiger partial charge in [-0.15, -0.1) is 16.8 Å². The van der Waals surface area contributed by atoms with Crippen LogP contribution in [0.2, 0.25) is 0 Å². The lowest BCUT2D eigenvalue weighted by molar-refractivity contribution is -0.115. The number of rotatable bonds is 9. The van der Waals surface area contributed by atoms with Gasteiger partial charge in [0.25, 0.3) is 0 Å². The van der Waals surface area contributed by atoms with Crippen molar-refractivity contribution in [3.63, 3.8) is 0 Å². The van der Waals surface area contributed by atoms with Crippen LogP contribution >= 0.6 is 11.8 Å². The van der Waals surface area contributed by atoms with E-state index in [2.05, 4.69) is 30.6 Å². The number of nitrogens with zero attached hydrogens (tertiary/aromatic N) is 3. The highest BCUT2D eigenvalue weighted by molar-refractivity contribution is 7.99. The van der Waals surface area contributed by atoms with E-state index in [0.29, 0.717) is 24.2 Å². The molecule has 1 amide bonds. The highest BCUT2D eigenvalue weighted by atomic mass is 32.2. The first-order chi connectivity index (χ1) is 11.5. The Labute approximate surface area is 146 Å². The largest absolute Gasteiger partial charge is 0.493 e. The van der Waals surface area contributed by atoms with Gasteiger partial charge in [0.2, 0.25) is 5.91 Å². The van der Waals surface area contributed by atoms with Crippen LogP contribution in [0.25, 0.3) is 11.4 Å². The second-order valence-electron chi connectivity index (χ2n) is 5.69. The molecule has 24 heavy (non-hydrogen) atoms. The highest BCUT2D eigenvalue weighted by Gasteiger charge is 2.14. The second-order valence-corrected chi connectivity index (χ2v) is 6.63. The summed E-state index contributed by atoms with van der Waals surface area (Å²) in [5.74, 6) is 1.80. The van der Waals surface area contributed by atoms with Crippen molar-refractivity contribution in [1.29, 1.82) is 0 Å². The van der Waals surface area contributed by atoms with Crippen molar-refractivity contribution in [3.8, 4) is 17.1 Å². The fourth-order valence-corrected chi connectivity index (χ4v) is 2.69. The minimum atomic E-state index is -0.388. The van der Waals surface area contributed by atoms with E-state index in [1.807, 2.05) is 28.8 Å². The van der Waals surface area contributed by atoms with Crippen molar-refractivity contribution in [3.05, 3.63) is 36.9 Å². The number of thioether (sulfide) groups is 1. The molecule has 0 saturated carbocycles. The smallest absolute Gasteiger partial charge is 0.227 e. The summed E-state index contributed by atoms with van der Waals surface area (Å²) in [6.45, 7) is 9.21. The van der Waals surface area contributed by atoms with Gasteiger partial charge < -0.3 is 10.5 Å². The number of aromatic nitrogens is 3. The van der Waals surface area contributed by atoms with Crippen LogP contribution in [0.5, 0.6) is 5.75 Å². The van der Waals surface area contributed by atoms with E-state index in [1.54, 1.807) is 6.08 Å². The van der Waals surface area contributed by atoms with Crippen molar-refractivity contribution in [1.82, 2.24) is 14.8 Å². The van der Waals surface area contributed by atoms with Gasteiger partial charge in [-0.05, 0) is 30.2 Å². The molecule has 128 valence electrons. The van der Waals surface area contributed by atoms with E-state index in [0.717, 1.165) is 17.1 Å². The van der Waals surface area contributed by atoms with Crippen LogP contribution in [0.4, 0.5) is 0 Å². The van der Waals surface area contributed by atoms with Gasteiger partial charge in [0.15, 0.2) is 11.0 Å². The molecule has 0 unspecified atom stereocenters. The third-order valence-corrected chi connectivity index (χ3v) is 4.06. The molecule has 0 bridgehead atoms. The molecule has 1 heterocycles. The van der Waals surface area contributed by atoms with Gasteiger partial charge in [-0.3, -0.25) is 9.36 Å². The van der Waals surface area contributed by atoms with Crippen molar-refractivity contribution in [2.24, 2.45) is 11.7 Å². The maximum Gasteiger partial charge on any atom is 0.227 e. The zero-order valence-electron chi connectivity index (χ0n) is 13.9. The Balaban J connectivity index is 2.20. The fraction of sp³-hybridized carbons (Fsp3) is 0.353. The van der Waals surface area contributed by atoms with Crippen LogP contribution in [0.3, 0.4) is 0 Å². The summed E-state index contributed by atoms with van der Waals surface area (Å²) >= 11 is 1.27. The van der Waals surface area contributed by atoms with Crippen molar-refractivity contribution in [2.45, 2.75) is 25.5 Å². The number of ether oxygens (including phenoxy) is 1. The summed E-state index contributed by atoms with van der Waals surface area (Å²) in [6, 6.07) is 7.73. The topological polar surface area (TPSA) is 83.0 Å². The molecule has 2 aromatic rings. The molecule has 0 spiro atoms. The Morgan fingerprint density at radius 1 is 1.38 bits per heavy atom. The van der Waals surface area contributed by atoms with Crippen LogP contribution in [-0.2, 0) is 11.3 Å². The average Bonchev–Trinajstić information content (AvgIpc) is 2.94. The van der Waals surface area contributed by atoms with Crippen LogP contribution in [0.15, 0.2) is 42.1 Å². The second kappa shape index (κ2) is 8.54. The maximum atomic E-state index is 11.0. The van der Waals surface area contributed by atoms with Gasteiger partial charge in [0, 0.05) is 12.1 Å². The minimum Gasteiger partial charge on any atom is -0.493 e. The minimum absolute atomic E-state index is 0.164. The first-order valence-corrected chi connectivity index (χ1v) is 8.68. The lowest BCUT2D eigenvalue weighted by Crippen LogP contribution is -2.13. The molecule has 7 heteroatoms. The fourth-order valence-electron chi connectivity index (χ4n) is 2.00. The number of benzene rings is 1. The van der Waals surface area contributed by atoms with Crippen LogP contribution < -0.4 is 10.5 Å². The van der Waals surface area contributed by atoms with E-state index >= 15 is 0 Å². The molecule has 0 aliphatic heterocycles. The zero-order chi connectivity index (χ0) is 17.5. The highest BCUT2D eigenvalue weighted by Crippen LogP contribution is 2.25. The number of hydrogen-bond donors (Lipinski definition) is 1. The molecule has 0 atom stereocenters. The summed E-state index contributed by atoms with van der Waals surface area (Å²) in [7, 11) is 0. The third kappa shape index (κ3) is 4.86. The molecule has 6 nitrogen and oxygen atoms in total. The van der Waals surface area contributed by atoms with Crippen LogP contribution in [0.1, 0.15) is 13.8 Å². The number of carbonyl (C=O) groups excluding carboxylic acids is 1. The van der Waals surface area contributed by atoms with Gasteiger partial charge in [-0.25, -0.2) is 0 Å². The van der Waals surface area contributed by atoms with Crippen LogP contribution in [-0.4, -0.2) is 33.0 Å². The summed E-state index contributed by atoms with van der Waals surface area (Å²) in [4.78, 5) is 11.0.